The number of aliphatic imine (C=N–C) groups is 1. The van der Waals surface area contributed by atoms with Crippen molar-refractivity contribution < 1.29 is 4.74 Å². The number of thiophene rings is 1. The van der Waals surface area contributed by atoms with Crippen LogP contribution in [-0.2, 0) is 11.3 Å². The Morgan fingerprint density at radius 2 is 2.32 bits per heavy atom. The minimum Gasteiger partial charge on any atom is -0.377 e. The van der Waals surface area contributed by atoms with Crippen LogP contribution in [0.2, 0.25) is 0 Å². The second-order valence-electron chi connectivity index (χ2n) is 6.91. The fourth-order valence-electron chi connectivity index (χ4n) is 3.80. The second-order valence-corrected chi connectivity index (χ2v) is 7.91. The van der Waals surface area contributed by atoms with Gasteiger partial charge in [-0.2, -0.15) is 0 Å². The minimum absolute atomic E-state index is 0.177. The van der Waals surface area contributed by atoms with Crippen LogP contribution >= 0.6 is 11.3 Å². The Hall–Kier alpha value is -1.07. The number of nitrogens with zero attached hydrogens (tertiary/aromatic N) is 1. The quantitative estimate of drug-likeness (QED) is 0.662. The molecular formula is C17H27N3OS. The lowest BCUT2D eigenvalue weighted by molar-refractivity contribution is -0.106. The molecule has 1 aliphatic heterocycles. The zero-order valence-electron chi connectivity index (χ0n) is 14.0. The van der Waals surface area contributed by atoms with E-state index in [1.54, 1.807) is 11.3 Å². The SMILES string of the molecule is CCNC(=NCc1sccc1C)NC1C2CCOC2C1(C)C. The molecule has 2 N–H and O–H groups in total. The Labute approximate surface area is 137 Å². The van der Waals surface area contributed by atoms with Gasteiger partial charge in [-0.05, 0) is 37.3 Å². The molecule has 2 heterocycles. The molecule has 0 aromatic carbocycles. The van der Waals surface area contributed by atoms with E-state index in [1.807, 2.05) is 0 Å². The summed E-state index contributed by atoms with van der Waals surface area (Å²) in [6, 6.07) is 2.60. The van der Waals surface area contributed by atoms with Crippen molar-refractivity contribution in [2.75, 3.05) is 13.2 Å². The summed E-state index contributed by atoms with van der Waals surface area (Å²) in [7, 11) is 0. The zero-order valence-corrected chi connectivity index (χ0v) is 14.8. The number of rotatable bonds is 4. The molecular weight excluding hydrogens is 294 g/mol. The van der Waals surface area contributed by atoms with Gasteiger partial charge >= 0.3 is 0 Å². The van der Waals surface area contributed by atoms with E-state index in [-0.39, 0.29) is 5.41 Å². The van der Waals surface area contributed by atoms with Crippen molar-refractivity contribution in [1.29, 1.82) is 0 Å². The number of aryl methyl sites for hydroxylation is 1. The Bertz CT molecular complexity index is 552. The highest BCUT2D eigenvalue weighted by Gasteiger charge is 2.59. The van der Waals surface area contributed by atoms with Gasteiger partial charge in [-0.3, -0.25) is 0 Å². The summed E-state index contributed by atoms with van der Waals surface area (Å²) in [5.74, 6) is 1.56. The van der Waals surface area contributed by atoms with Gasteiger partial charge in [-0.25, -0.2) is 4.99 Å². The van der Waals surface area contributed by atoms with Gasteiger partial charge in [0.1, 0.15) is 0 Å². The van der Waals surface area contributed by atoms with Crippen molar-refractivity contribution in [2.24, 2.45) is 16.3 Å². The largest absolute Gasteiger partial charge is 0.377 e. The molecule has 1 aromatic rings. The van der Waals surface area contributed by atoms with Gasteiger partial charge in [0.2, 0.25) is 0 Å². The normalized spacial score (nSPS) is 29.8. The highest BCUT2D eigenvalue weighted by Crippen LogP contribution is 2.52. The first-order valence-electron chi connectivity index (χ1n) is 8.23. The first-order valence-corrected chi connectivity index (χ1v) is 9.11. The first kappa shape index (κ1) is 15.8. The maximum Gasteiger partial charge on any atom is 0.191 e. The fraction of sp³-hybridized carbons (Fsp3) is 0.706. The maximum atomic E-state index is 5.87. The van der Waals surface area contributed by atoms with Gasteiger partial charge in [0, 0.05) is 35.4 Å². The highest BCUT2D eigenvalue weighted by atomic mass is 32.1. The molecule has 2 fully saturated rings. The monoisotopic (exact) mass is 321 g/mol. The lowest BCUT2D eigenvalue weighted by Gasteiger charge is -2.54. The van der Waals surface area contributed by atoms with Crippen LogP contribution in [0.4, 0.5) is 0 Å². The van der Waals surface area contributed by atoms with Crippen LogP contribution in [0.3, 0.4) is 0 Å². The van der Waals surface area contributed by atoms with Crippen LogP contribution < -0.4 is 10.6 Å². The highest BCUT2D eigenvalue weighted by molar-refractivity contribution is 7.10. The van der Waals surface area contributed by atoms with Crippen molar-refractivity contribution in [3.05, 3.63) is 21.9 Å². The van der Waals surface area contributed by atoms with Gasteiger partial charge in [0.25, 0.3) is 0 Å². The van der Waals surface area contributed by atoms with Crippen molar-refractivity contribution in [3.8, 4) is 0 Å². The fourth-order valence-corrected chi connectivity index (χ4v) is 4.63. The average Bonchev–Trinajstić information content (AvgIpc) is 3.09. The molecule has 0 amide bonds. The Kier molecular flexibility index (Phi) is 4.46. The molecule has 3 atom stereocenters. The third kappa shape index (κ3) is 2.76. The smallest absolute Gasteiger partial charge is 0.191 e. The van der Waals surface area contributed by atoms with Crippen LogP contribution in [0.15, 0.2) is 16.4 Å². The topological polar surface area (TPSA) is 45.7 Å². The zero-order chi connectivity index (χ0) is 15.7. The van der Waals surface area contributed by atoms with Gasteiger partial charge < -0.3 is 15.4 Å². The van der Waals surface area contributed by atoms with Crippen LogP contribution in [0.5, 0.6) is 0 Å². The molecule has 0 bridgehead atoms. The van der Waals surface area contributed by atoms with Gasteiger partial charge in [-0.1, -0.05) is 13.8 Å². The summed E-state index contributed by atoms with van der Waals surface area (Å²) in [5.41, 5.74) is 1.51. The molecule has 1 aliphatic carbocycles. The molecule has 1 aromatic heterocycles. The van der Waals surface area contributed by atoms with E-state index < -0.39 is 0 Å². The molecule has 1 saturated heterocycles. The standard InChI is InChI=1S/C17H27N3OS/c1-5-18-16(19-10-13-11(2)7-9-22-13)20-14-12-6-8-21-15(12)17(14,3)4/h7,9,12,14-15H,5-6,8,10H2,1-4H3,(H2,18,19,20). The van der Waals surface area contributed by atoms with E-state index in [0.29, 0.717) is 18.1 Å². The van der Waals surface area contributed by atoms with Crippen LogP contribution in [0, 0.1) is 18.3 Å². The molecule has 4 nitrogen and oxygen atoms in total. The van der Waals surface area contributed by atoms with Gasteiger partial charge in [-0.15, -0.1) is 11.3 Å². The van der Waals surface area contributed by atoms with Crippen molar-refractivity contribution in [2.45, 2.75) is 52.8 Å². The van der Waals surface area contributed by atoms with E-state index >= 15 is 0 Å². The molecule has 0 spiro atoms. The number of nitrogens with one attached hydrogen (secondary N) is 2. The molecule has 22 heavy (non-hydrogen) atoms. The lowest BCUT2D eigenvalue weighted by atomic mass is 9.57. The Balaban J connectivity index is 1.68. The summed E-state index contributed by atoms with van der Waals surface area (Å²) < 4.78 is 5.87. The van der Waals surface area contributed by atoms with E-state index in [0.717, 1.165) is 32.1 Å². The molecule has 2 aliphatic rings. The van der Waals surface area contributed by atoms with Crippen molar-refractivity contribution in [3.63, 3.8) is 0 Å². The lowest BCUT2D eigenvalue weighted by Crippen LogP contribution is -2.67. The van der Waals surface area contributed by atoms with Crippen molar-refractivity contribution >= 4 is 17.3 Å². The van der Waals surface area contributed by atoms with E-state index in [4.69, 9.17) is 9.73 Å². The maximum absolute atomic E-state index is 5.87. The third-order valence-corrected chi connectivity index (χ3v) is 6.09. The summed E-state index contributed by atoms with van der Waals surface area (Å²) in [6.07, 6.45) is 1.57. The number of ether oxygens (including phenoxy) is 1. The van der Waals surface area contributed by atoms with Crippen LogP contribution in [0.25, 0.3) is 0 Å². The molecule has 1 saturated carbocycles. The summed E-state index contributed by atoms with van der Waals surface area (Å²) in [6.45, 7) is 11.4. The van der Waals surface area contributed by atoms with Crippen LogP contribution in [0.1, 0.15) is 37.6 Å². The van der Waals surface area contributed by atoms with E-state index in [1.165, 1.54) is 10.4 Å². The first-order chi connectivity index (χ1) is 10.5. The molecule has 5 heteroatoms. The van der Waals surface area contributed by atoms with Gasteiger partial charge in [0.05, 0.1) is 12.6 Å². The summed E-state index contributed by atoms with van der Waals surface area (Å²) in [4.78, 5) is 6.12. The molecule has 122 valence electrons. The second kappa shape index (κ2) is 6.20. The summed E-state index contributed by atoms with van der Waals surface area (Å²) in [5, 5.41) is 9.18. The minimum atomic E-state index is 0.177. The van der Waals surface area contributed by atoms with E-state index in [2.05, 4.69) is 49.8 Å². The third-order valence-electron chi connectivity index (χ3n) is 5.09. The Morgan fingerprint density at radius 1 is 1.50 bits per heavy atom. The number of hydrogen-bond acceptors (Lipinski definition) is 3. The summed E-state index contributed by atoms with van der Waals surface area (Å²) >= 11 is 1.78. The Morgan fingerprint density at radius 3 is 3.00 bits per heavy atom. The van der Waals surface area contributed by atoms with E-state index in [9.17, 15) is 0 Å². The predicted octanol–water partition coefficient (Wildman–Crippen LogP) is 2.93. The van der Waals surface area contributed by atoms with Crippen molar-refractivity contribution in [1.82, 2.24) is 10.6 Å². The molecule has 3 unspecified atom stereocenters. The number of guanidine groups is 1. The molecule has 3 rings (SSSR count). The van der Waals surface area contributed by atoms with Gasteiger partial charge in [0.15, 0.2) is 5.96 Å². The molecule has 0 radical (unpaired) electrons. The predicted molar refractivity (Wildman–Crippen MR) is 92.4 cm³/mol. The number of fused-ring (bicyclic) bond motifs is 1. The van der Waals surface area contributed by atoms with Crippen LogP contribution in [-0.4, -0.2) is 31.3 Å². The number of hydrogen-bond donors (Lipinski definition) is 2. The average molecular weight is 321 g/mol.